The molecule has 0 N–H and O–H groups in total. The molecule has 0 saturated carbocycles. The van der Waals surface area contributed by atoms with Crippen LogP contribution in [0.5, 0.6) is 5.75 Å². The molecule has 1 nitrogen and oxygen atoms in total. The third-order valence-electron chi connectivity index (χ3n) is 5.42. The van der Waals surface area contributed by atoms with Gasteiger partial charge in [-0.25, -0.2) is 4.39 Å². The van der Waals surface area contributed by atoms with Crippen molar-refractivity contribution in [2.24, 2.45) is 0 Å². The van der Waals surface area contributed by atoms with Crippen LogP contribution in [0.15, 0.2) is 78.9 Å². The molecule has 0 heterocycles. The Bertz CT molecular complexity index is 1180. The van der Waals surface area contributed by atoms with Crippen LogP contribution in [0.4, 0.5) is 13.2 Å². The lowest BCUT2D eigenvalue weighted by Crippen LogP contribution is -2.03. The summed E-state index contributed by atoms with van der Waals surface area (Å²) in [6, 6.07) is 24.8. The Kier molecular flexibility index (Phi) is 6.26. The zero-order valence-electron chi connectivity index (χ0n) is 17.2. The van der Waals surface area contributed by atoms with Crippen molar-refractivity contribution in [3.63, 3.8) is 0 Å². The quantitative estimate of drug-likeness (QED) is 0.292. The van der Waals surface area contributed by atoms with Crippen molar-refractivity contribution in [1.82, 2.24) is 0 Å². The van der Waals surface area contributed by atoms with Gasteiger partial charge in [0.15, 0.2) is 11.6 Å². The van der Waals surface area contributed by atoms with Crippen LogP contribution in [-0.4, -0.2) is 6.61 Å². The average molecular weight is 420 g/mol. The molecule has 0 saturated heterocycles. The monoisotopic (exact) mass is 420 g/mol. The van der Waals surface area contributed by atoms with E-state index in [2.05, 4.69) is 48.1 Å². The number of hydrogen-bond donors (Lipinski definition) is 0. The van der Waals surface area contributed by atoms with Crippen molar-refractivity contribution in [3.8, 4) is 28.0 Å². The van der Waals surface area contributed by atoms with E-state index in [0.29, 0.717) is 5.56 Å². The average Bonchev–Trinajstić information content (AvgIpc) is 2.78. The van der Waals surface area contributed by atoms with Gasteiger partial charge in [-0.15, -0.1) is 0 Å². The summed E-state index contributed by atoms with van der Waals surface area (Å²) in [6.45, 7) is -0.851. The van der Waals surface area contributed by atoms with E-state index in [9.17, 15) is 13.2 Å². The fourth-order valence-corrected chi connectivity index (χ4v) is 3.74. The third-order valence-corrected chi connectivity index (χ3v) is 5.42. The highest BCUT2D eigenvalue weighted by Gasteiger charge is 2.11. The molecule has 0 bridgehead atoms. The minimum Gasteiger partial charge on any atom is -0.432 e. The summed E-state index contributed by atoms with van der Waals surface area (Å²) in [5.74, 6) is -1.26. The molecule has 0 aromatic heterocycles. The lowest BCUT2D eigenvalue weighted by atomic mass is 9.97. The summed E-state index contributed by atoms with van der Waals surface area (Å²) >= 11 is 0. The van der Waals surface area contributed by atoms with Crippen molar-refractivity contribution in [3.05, 3.63) is 90.2 Å². The van der Waals surface area contributed by atoms with Crippen molar-refractivity contribution in [1.29, 1.82) is 0 Å². The Hall–Kier alpha value is -3.27. The minimum absolute atomic E-state index is 0.454. The number of hydrogen-bond acceptors (Lipinski definition) is 1. The summed E-state index contributed by atoms with van der Waals surface area (Å²) in [7, 11) is 0. The van der Waals surface area contributed by atoms with Gasteiger partial charge in [0.25, 0.3) is 0 Å². The van der Waals surface area contributed by atoms with Crippen LogP contribution in [0.3, 0.4) is 0 Å². The topological polar surface area (TPSA) is 9.23 Å². The standard InChI is InChI=1S/C27H23F3O/c1-2-3-4-18-5-6-23-16-22(12-11-21(23)15-18)19-7-9-20(10-8-19)24-13-14-26(25(28)17-24)31-27(29)30/h5-17,27H,2-4H2,1H3. The maximum atomic E-state index is 14.0. The highest BCUT2D eigenvalue weighted by molar-refractivity contribution is 5.88. The van der Waals surface area contributed by atoms with Gasteiger partial charge in [0.05, 0.1) is 0 Å². The minimum atomic E-state index is -3.05. The van der Waals surface area contributed by atoms with Crippen LogP contribution < -0.4 is 4.74 Å². The number of rotatable bonds is 7. The first-order valence-corrected chi connectivity index (χ1v) is 10.4. The zero-order chi connectivity index (χ0) is 21.8. The fourth-order valence-electron chi connectivity index (χ4n) is 3.74. The van der Waals surface area contributed by atoms with Gasteiger partial charge in [0, 0.05) is 0 Å². The van der Waals surface area contributed by atoms with E-state index in [-0.39, 0.29) is 0 Å². The molecule has 4 aromatic carbocycles. The van der Waals surface area contributed by atoms with E-state index in [4.69, 9.17) is 0 Å². The number of alkyl halides is 2. The number of ether oxygens (including phenoxy) is 1. The van der Waals surface area contributed by atoms with E-state index in [1.165, 1.54) is 41.3 Å². The van der Waals surface area contributed by atoms with Gasteiger partial charge in [-0.2, -0.15) is 8.78 Å². The van der Waals surface area contributed by atoms with Crippen LogP contribution >= 0.6 is 0 Å². The van der Waals surface area contributed by atoms with E-state index in [1.54, 1.807) is 6.07 Å². The Morgan fingerprint density at radius 2 is 1.29 bits per heavy atom. The number of benzene rings is 4. The van der Waals surface area contributed by atoms with E-state index in [1.807, 2.05) is 24.3 Å². The molecular weight excluding hydrogens is 397 g/mol. The SMILES string of the molecule is CCCCc1ccc2cc(-c3ccc(-c4ccc(OC(F)F)c(F)c4)cc3)ccc2c1. The van der Waals surface area contributed by atoms with Gasteiger partial charge >= 0.3 is 6.61 Å². The molecule has 0 aliphatic heterocycles. The molecule has 4 aromatic rings. The molecule has 0 amide bonds. The molecule has 4 heteroatoms. The molecule has 0 fully saturated rings. The predicted octanol–water partition coefficient (Wildman–Crippen LogP) is 8.26. The van der Waals surface area contributed by atoms with E-state index in [0.717, 1.165) is 23.1 Å². The number of fused-ring (bicyclic) bond motifs is 1. The van der Waals surface area contributed by atoms with Gasteiger partial charge in [-0.05, 0) is 69.6 Å². The van der Waals surface area contributed by atoms with Crippen molar-refractivity contribution < 1.29 is 17.9 Å². The summed E-state index contributed by atoms with van der Waals surface area (Å²) in [5.41, 5.74) is 4.92. The third kappa shape index (κ3) is 4.91. The van der Waals surface area contributed by atoms with Crippen LogP contribution in [0.1, 0.15) is 25.3 Å². The Morgan fingerprint density at radius 1 is 0.710 bits per heavy atom. The predicted molar refractivity (Wildman–Crippen MR) is 120 cm³/mol. The molecule has 158 valence electrons. The molecule has 4 rings (SSSR count). The van der Waals surface area contributed by atoms with Gasteiger partial charge in [0.2, 0.25) is 0 Å². The second-order valence-corrected chi connectivity index (χ2v) is 7.60. The highest BCUT2D eigenvalue weighted by Crippen LogP contribution is 2.30. The van der Waals surface area contributed by atoms with Crippen LogP contribution in [-0.2, 0) is 6.42 Å². The first kappa shape index (κ1) is 21.0. The molecule has 0 unspecified atom stereocenters. The second-order valence-electron chi connectivity index (χ2n) is 7.60. The Balaban J connectivity index is 1.56. The van der Waals surface area contributed by atoms with Gasteiger partial charge < -0.3 is 4.74 Å². The second kappa shape index (κ2) is 9.25. The molecule has 31 heavy (non-hydrogen) atoms. The zero-order valence-corrected chi connectivity index (χ0v) is 17.2. The molecule has 0 radical (unpaired) electrons. The van der Waals surface area contributed by atoms with Gasteiger partial charge in [-0.3, -0.25) is 0 Å². The van der Waals surface area contributed by atoms with Crippen molar-refractivity contribution in [2.45, 2.75) is 32.8 Å². The van der Waals surface area contributed by atoms with Gasteiger partial charge in [-0.1, -0.05) is 74.0 Å². The van der Waals surface area contributed by atoms with Crippen LogP contribution in [0.25, 0.3) is 33.0 Å². The largest absolute Gasteiger partial charge is 0.432 e. The fraction of sp³-hybridized carbons (Fsp3) is 0.185. The lowest BCUT2D eigenvalue weighted by molar-refractivity contribution is -0.0521. The summed E-state index contributed by atoms with van der Waals surface area (Å²) in [4.78, 5) is 0. The number of aryl methyl sites for hydroxylation is 1. The maximum Gasteiger partial charge on any atom is 0.387 e. The first-order chi connectivity index (χ1) is 15.0. The Labute approximate surface area is 180 Å². The molecule has 0 aliphatic rings. The van der Waals surface area contributed by atoms with Gasteiger partial charge in [0.1, 0.15) is 0 Å². The van der Waals surface area contributed by atoms with Crippen LogP contribution in [0.2, 0.25) is 0 Å². The van der Waals surface area contributed by atoms with E-state index < -0.39 is 18.2 Å². The molecule has 0 spiro atoms. The lowest BCUT2D eigenvalue weighted by Gasteiger charge is -2.09. The number of unbranched alkanes of at least 4 members (excludes halogenated alkanes) is 1. The van der Waals surface area contributed by atoms with Crippen molar-refractivity contribution >= 4 is 10.8 Å². The Morgan fingerprint density at radius 3 is 1.94 bits per heavy atom. The molecule has 0 atom stereocenters. The van der Waals surface area contributed by atoms with Crippen LogP contribution in [0, 0.1) is 5.82 Å². The summed E-state index contributed by atoms with van der Waals surface area (Å²) in [6.07, 6.45) is 3.49. The summed E-state index contributed by atoms with van der Waals surface area (Å²) in [5, 5.41) is 2.43. The number of halogens is 3. The van der Waals surface area contributed by atoms with Crippen molar-refractivity contribution in [2.75, 3.05) is 0 Å². The van der Waals surface area contributed by atoms with E-state index >= 15 is 0 Å². The summed E-state index contributed by atoms with van der Waals surface area (Å²) < 4.78 is 42.8. The normalized spacial score (nSPS) is 11.3. The highest BCUT2D eigenvalue weighted by atomic mass is 19.3. The first-order valence-electron chi connectivity index (χ1n) is 10.4. The maximum absolute atomic E-state index is 14.0. The molecule has 0 aliphatic carbocycles. The molecular formula is C27H23F3O. The smallest absolute Gasteiger partial charge is 0.387 e.